The summed E-state index contributed by atoms with van der Waals surface area (Å²) in [6, 6.07) is 0. The van der Waals surface area contributed by atoms with Gasteiger partial charge in [0.15, 0.2) is 0 Å². The molecule has 176 valence electrons. The summed E-state index contributed by atoms with van der Waals surface area (Å²) in [5.41, 5.74) is -1.08. The van der Waals surface area contributed by atoms with E-state index in [9.17, 15) is 28.8 Å². The highest BCUT2D eigenvalue weighted by Crippen LogP contribution is 1.97. The molecule has 0 aromatic heterocycles. The first-order valence-corrected chi connectivity index (χ1v) is 8.89. The highest BCUT2D eigenvalue weighted by atomic mass is 16.6. The Kier molecular flexibility index (Phi) is 20.2. The summed E-state index contributed by atoms with van der Waals surface area (Å²) >= 11 is 0. The Hall–Kier alpha value is -3.70. The van der Waals surface area contributed by atoms with Crippen molar-refractivity contribution in [3.8, 4) is 0 Å². The Morgan fingerprint density at radius 3 is 1.06 bits per heavy atom. The Balaban J connectivity index is -0.000000387. The zero-order valence-corrected chi connectivity index (χ0v) is 17.9. The maximum atomic E-state index is 10.8. The molecule has 31 heavy (non-hydrogen) atoms. The molecule has 0 amide bonds. The molecule has 0 heterocycles. The highest BCUT2D eigenvalue weighted by molar-refractivity contribution is 6.13. The van der Waals surface area contributed by atoms with E-state index < -0.39 is 41.4 Å². The van der Waals surface area contributed by atoms with Gasteiger partial charge in [0.05, 0.1) is 26.4 Å². The van der Waals surface area contributed by atoms with Crippen molar-refractivity contribution in [1.29, 1.82) is 0 Å². The van der Waals surface area contributed by atoms with Gasteiger partial charge >= 0.3 is 35.8 Å². The first kappa shape index (κ1) is 32.0. The summed E-state index contributed by atoms with van der Waals surface area (Å²) in [4.78, 5) is 62.2. The third kappa shape index (κ3) is 19.4. The van der Waals surface area contributed by atoms with Gasteiger partial charge < -0.3 is 29.2 Å². The van der Waals surface area contributed by atoms with Gasteiger partial charge in [0, 0.05) is 0 Å². The van der Waals surface area contributed by atoms with Crippen LogP contribution in [-0.2, 0) is 47.7 Å². The molecule has 0 unspecified atom stereocenters. The van der Waals surface area contributed by atoms with E-state index in [0.717, 1.165) is 0 Å². The van der Waals surface area contributed by atoms with Gasteiger partial charge in [-0.15, -0.1) is 0 Å². The van der Waals surface area contributed by atoms with E-state index in [2.05, 4.69) is 32.1 Å². The maximum Gasteiger partial charge on any atom is 0.344 e. The van der Waals surface area contributed by atoms with Gasteiger partial charge in [-0.3, -0.25) is 9.59 Å². The second-order valence-electron chi connectivity index (χ2n) is 4.80. The number of esters is 4. The molecule has 12 nitrogen and oxygen atoms in total. The largest absolute Gasteiger partial charge is 0.477 e. The van der Waals surface area contributed by atoms with Crippen molar-refractivity contribution in [1.82, 2.24) is 0 Å². The monoisotopic (exact) mass is 448 g/mol. The summed E-state index contributed by atoms with van der Waals surface area (Å²) in [7, 11) is 0. The van der Waals surface area contributed by atoms with Crippen molar-refractivity contribution in [3.05, 3.63) is 24.3 Å². The van der Waals surface area contributed by atoms with E-state index in [4.69, 9.17) is 10.2 Å². The number of ether oxygens (including phenoxy) is 4. The number of hydrogen-bond acceptors (Lipinski definition) is 10. The number of carboxylic acid groups (broad SMARTS) is 2. The summed E-state index contributed by atoms with van der Waals surface area (Å²) < 4.78 is 18.1. The third-order valence-electron chi connectivity index (χ3n) is 2.46. The van der Waals surface area contributed by atoms with Gasteiger partial charge in [-0.2, -0.15) is 0 Å². The second-order valence-corrected chi connectivity index (χ2v) is 4.80. The number of rotatable bonds is 10. The minimum atomic E-state index is -1.50. The number of carbonyl (C=O) groups is 6. The average Bonchev–Trinajstić information content (AvgIpc) is 2.68. The number of carbonyl (C=O) groups excluding carboxylic acids is 4. The molecule has 0 radical (unpaired) electrons. The van der Waals surface area contributed by atoms with Gasteiger partial charge in [0.25, 0.3) is 0 Å². The van der Waals surface area contributed by atoms with Crippen molar-refractivity contribution < 1.29 is 57.9 Å². The smallest absolute Gasteiger partial charge is 0.344 e. The molecule has 0 aliphatic carbocycles. The van der Waals surface area contributed by atoms with E-state index >= 15 is 0 Å². The van der Waals surface area contributed by atoms with Gasteiger partial charge in [0.2, 0.25) is 0 Å². The topological polar surface area (TPSA) is 180 Å². The van der Waals surface area contributed by atoms with E-state index in [-0.39, 0.29) is 38.4 Å². The van der Waals surface area contributed by atoms with Crippen molar-refractivity contribution in [3.63, 3.8) is 0 Å². The lowest BCUT2D eigenvalue weighted by atomic mass is 10.3. The Bertz CT molecular complexity index is 611. The highest BCUT2D eigenvalue weighted by Gasteiger charge is 2.17. The Morgan fingerprint density at radius 2 is 0.871 bits per heavy atom. The molecule has 0 spiro atoms. The van der Waals surface area contributed by atoms with Crippen LogP contribution in [0.4, 0.5) is 0 Å². The zero-order chi connectivity index (χ0) is 25.0. The van der Waals surface area contributed by atoms with E-state index in [1.54, 1.807) is 27.7 Å². The zero-order valence-electron chi connectivity index (χ0n) is 17.9. The molecule has 0 rings (SSSR count). The Morgan fingerprint density at radius 1 is 0.581 bits per heavy atom. The van der Waals surface area contributed by atoms with Crippen molar-refractivity contribution in [2.75, 3.05) is 26.4 Å². The molecule has 0 fully saturated rings. The predicted molar refractivity (Wildman–Crippen MR) is 105 cm³/mol. The second kappa shape index (κ2) is 19.6. The number of carboxylic acids is 2. The minimum absolute atomic E-state index is 0.220. The van der Waals surface area contributed by atoms with Crippen LogP contribution in [0.15, 0.2) is 24.3 Å². The molecule has 0 bridgehead atoms. The molecule has 0 saturated heterocycles. The number of aliphatic carboxylic acids is 2. The summed E-state index contributed by atoms with van der Waals surface area (Å²) in [6.45, 7) is 13.7. The Labute approximate surface area is 179 Å². The standard InChI is InChI=1S/C8H12O4.C7H12O4.C4H4O4/c1-4-11-7(9)6(3)8(10)12-5-2;1-3-10-6(8)5-7(9)11-4-2;1-2(3(5)6)4(7)8/h3-5H2,1-2H3;3-5H2,1-2H3;1H2,(H,5,6)(H,7,8). The van der Waals surface area contributed by atoms with Crippen LogP contribution in [0.5, 0.6) is 0 Å². The van der Waals surface area contributed by atoms with Crippen molar-refractivity contribution in [2.24, 2.45) is 0 Å². The maximum absolute atomic E-state index is 10.8. The summed E-state index contributed by atoms with van der Waals surface area (Å²) in [5.74, 6) is -5.53. The van der Waals surface area contributed by atoms with Crippen molar-refractivity contribution >= 4 is 35.8 Å². The van der Waals surface area contributed by atoms with Gasteiger partial charge in [0.1, 0.15) is 17.6 Å². The fraction of sp³-hybridized carbons (Fsp3) is 0.474. The third-order valence-corrected chi connectivity index (χ3v) is 2.46. The molecule has 0 atom stereocenters. The molecule has 12 heteroatoms. The van der Waals surface area contributed by atoms with Crippen LogP contribution in [0.1, 0.15) is 34.1 Å². The average molecular weight is 448 g/mol. The predicted octanol–water partition coefficient (Wildman–Crippen LogP) is 0.883. The lowest BCUT2D eigenvalue weighted by molar-refractivity contribution is -0.154. The van der Waals surface area contributed by atoms with Crippen LogP contribution >= 0.6 is 0 Å². The van der Waals surface area contributed by atoms with Gasteiger partial charge in [-0.25, -0.2) is 19.2 Å². The molecule has 0 aromatic carbocycles. The van der Waals surface area contributed by atoms with Crippen molar-refractivity contribution in [2.45, 2.75) is 34.1 Å². The van der Waals surface area contributed by atoms with Crippen LogP contribution in [0.25, 0.3) is 0 Å². The molecular weight excluding hydrogens is 420 g/mol. The van der Waals surface area contributed by atoms with Crippen LogP contribution in [-0.4, -0.2) is 72.5 Å². The lowest BCUT2D eigenvalue weighted by Gasteiger charge is -2.03. The summed E-state index contributed by atoms with van der Waals surface area (Å²) in [5, 5.41) is 15.7. The first-order valence-electron chi connectivity index (χ1n) is 8.89. The molecule has 0 aromatic rings. The van der Waals surface area contributed by atoms with Gasteiger partial charge in [-0.1, -0.05) is 13.2 Å². The SMILES string of the molecule is C=C(C(=O)O)C(=O)O.C=C(C(=O)OCC)C(=O)OCC.CCOC(=O)CC(=O)OCC. The first-order chi connectivity index (χ1) is 14.4. The lowest BCUT2D eigenvalue weighted by Crippen LogP contribution is -2.17. The number of hydrogen-bond donors (Lipinski definition) is 2. The van der Waals surface area contributed by atoms with Crippen LogP contribution in [0.3, 0.4) is 0 Å². The van der Waals surface area contributed by atoms with E-state index in [0.29, 0.717) is 0 Å². The van der Waals surface area contributed by atoms with Gasteiger partial charge in [-0.05, 0) is 27.7 Å². The van der Waals surface area contributed by atoms with E-state index in [1.165, 1.54) is 0 Å². The van der Waals surface area contributed by atoms with Crippen LogP contribution in [0.2, 0.25) is 0 Å². The quantitative estimate of drug-likeness (QED) is 0.159. The summed E-state index contributed by atoms with van der Waals surface area (Å²) in [6.07, 6.45) is -0.290. The van der Waals surface area contributed by atoms with Crippen LogP contribution < -0.4 is 0 Å². The normalized spacial score (nSPS) is 8.65. The fourth-order valence-electron chi connectivity index (χ4n) is 1.15. The van der Waals surface area contributed by atoms with E-state index in [1.807, 2.05) is 0 Å². The molecule has 0 aliphatic heterocycles. The fourth-order valence-corrected chi connectivity index (χ4v) is 1.15. The molecular formula is C19H28O12. The molecule has 0 saturated carbocycles. The van der Waals surface area contributed by atoms with Crippen LogP contribution in [0, 0.1) is 0 Å². The molecule has 0 aliphatic rings. The molecule has 2 N–H and O–H groups in total. The minimum Gasteiger partial charge on any atom is -0.477 e.